The Morgan fingerprint density at radius 2 is 2.12 bits per heavy atom. The van der Waals surface area contributed by atoms with Crippen LogP contribution >= 0.6 is 0 Å². The number of sulfonamides is 1. The largest absolute Gasteiger partial charge is 0.352 e. The van der Waals surface area contributed by atoms with Gasteiger partial charge in [-0.3, -0.25) is 4.79 Å². The van der Waals surface area contributed by atoms with Crippen LogP contribution in [0.25, 0.3) is 0 Å². The number of carbonyl (C=O) groups excluding carboxylic acids is 1. The molecule has 7 heteroatoms. The molecule has 0 aliphatic carbocycles. The fraction of sp³-hybridized carbons (Fsp3) is 0.611. The quantitative estimate of drug-likeness (QED) is 0.746. The zero-order valence-corrected chi connectivity index (χ0v) is 16.2. The lowest BCUT2D eigenvalue weighted by molar-refractivity contribution is 0.0952. The fourth-order valence-electron chi connectivity index (χ4n) is 3.01. The third-order valence-electron chi connectivity index (χ3n) is 4.42. The molecule has 1 aliphatic heterocycles. The second-order valence-corrected chi connectivity index (χ2v) is 8.99. The van der Waals surface area contributed by atoms with E-state index in [9.17, 15) is 13.2 Å². The van der Waals surface area contributed by atoms with Crippen LogP contribution in [-0.4, -0.2) is 63.8 Å². The molecular weight excluding hydrogens is 338 g/mol. The molecule has 1 aromatic rings. The summed E-state index contributed by atoms with van der Waals surface area (Å²) in [6, 6.07) is 6.33. The molecule has 25 heavy (non-hydrogen) atoms. The highest BCUT2D eigenvalue weighted by molar-refractivity contribution is 7.89. The van der Waals surface area contributed by atoms with Crippen LogP contribution in [0.1, 0.15) is 36.5 Å². The first-order valence-corrected chi connectivity index (χ1v) is 10.3. The molecule has 1 heterocycles. The van der Waals surface area contributed by atoms with Crippen molar-refractivity contribution < 1.29 is 13.2 Å². The molecule has 0 bridgehead atoms. The van der Waals surface area contributed by atoms with Crippen LogP contribution in [0, 0.1) is 5.92 Å². The van der Waals surface area contributed by atoms with E-state index in [4.69, 9.17) is 0 Å². The Bertz CT molecular complexity index is 689. The van der Waals surface area contributed by atoms with Gasteiger partial charge in [0, 0.05) is 25.2 Å². The minimum absolute atomic E-state index is 0.197. The minimum atomic E-state index is -3.54. The first kappa shape index (κ1) is 19.9. The Kier molecular flexibility index (Phi) is 6.98. The molecule has 0 aromatic heterocycles. The van der Waals surface area contributed by atoms with Gasteiger partial charge < -0.3 is 10.2 Å². The fourth-order valence-corrected chi connectivity index (χ4v) is 4.66. The third kappa shape index (κ3) is 5.52. The SMILES string of the molecule is CC1CCCN(S(=O)(=O)c2cccc(C(=O)NCCCN(C)C)c2)C1. The van der Waals surface area contributed by atoms with Crippen LogP contribution in [0.15, 0.2) is 29.2 Å². The molecule has 0 spiro atoms. The molecule has 0 saturated carbocycles. The Labute approximate surface area is 151 Å². The average molecular weight is 368 g/mol. The summed E-state index contributed by atoms with van der Waals surface area (Å²) in [5.41, 5.74) is 0.385. The summed E-state index contributed by atoms with van der Waals surface area (Å²) in [5, 5.41) is 2.85. The van der Waals surface area contributed by atoms with Crippen molar-refractivity contribution in [2.45, 2.75) is 31.1 Å². The summed E-state index contributed by atoms with van der Waals surface area (Å²) in [7, 11) is 0.427. The lowest BCUT2D eigenvalue weighted by Gasteiger charge is -2.30. The number of rotatable bonds is 7. The summed E-state index contributed by atoms with van der Waals surface area (Å²) in [6.45, 7) is 4.62. The monoisotopic (exact) mass is 367 g/mol. The highest BCUT2D eigenvalue weighted by Gasteiger charge is 2.29. The predicted octanol–water partition coefficient (Wildman–Crippen LogP) is 1.79. The molecule has 1 aliphatic rings. The van der Waals surface area contributed by atoms with E-state index in [2.05, 4.69) is 17.1 Å². The molecule has 1 unspecified atom stereocenters. The molecule has 1 amide bonds. The average Bonchev–Trinajstić information content (AvgIpc) is 2.58. The molecule has 1 N–H and O–H groups in total. The molecular formula is C18H29N3O3S. The van der Waals surface area contributed by atoms with Crippen molar-refractivity contribution in [2.24, 2.45) is 5.92 Å². The molecule has 140 valence electrons. The highest BCUT2D eigenvalue weighted by Crippen LogP contribution is 2.23. The first-order valence-electron chi connectivity index (χ1n) is 8.84. The van der Waals surface area contributed by atoms with E-state index in [1.165, 1.54) is 10.4 Å². The molecule has 1 fully saturated rings. The summed E-state index contributed by atoms with van der Waals surface area (Å²) in [5.74, 6) is 0.134. The summed E-state index contributed by atoms with van der Waals surface area (Å²) in [4.78, 5) is 14.5. The molecule has 1 saturated heterocycles. The van der Waals surface area contributed by atoms with Gasteiger partial charge in [-0.25, -0.2) is 8.42 Å². The van der Waals surface area contributed by atoms with Gasteiger partial charge in [0.15, 0.2) is 0 Å². The standard InChI is InChI=1S/C18H29N3O3S/c1-15-7-5-12-21(14-15)25(23,24)17-9-4-8-16(13-17)18(22)19-10-6-11-20(2)3/h4,8-9,13,15H,5-7,10-12,14H2,1-3H3,(H,19,22). The Hall–Kier alpha value is -1.44. The van der Waals surface area contributed by atoms with Gasteiger partial charge in [-0.05, 0) is 64.0 Å². The predicted molar refractivity (Wildman–Crippen MR) is 99.1 cm³/mol. The van der Waals surface area contributed by atoms with Crippen molar-refractivity contribution in [1.29, 1.82) is 0 Å². The van der Waals surface area contributed by atoms with Gasteiger partial charge in [0.2, 0.25) is 10.0 Å². The van der Waals surface area contributed by atoms with Gasteiger partial charge in [0.05, 0.1) is 4.90 Å². The highest BCUT2D eigenvalue weighted by atomic mass is 32.2. The number of benzene rings is 1. The molecule has 6 nitrogen and oxygen atoms in total. The first-order chi connectivity index (χ1) is 11.8. The van der Waals surface area contributed by atoms with Crippen molar-refractivity contribution in [2.75, 3.05) is 40.3 Å². The molecule has 1 aromatic carbocycles. The van der Waals surface area contributed by atoms with E-state index in [0.717, 1.165) is 25.8 Å². The zero-order valence-electron chi connectivity index (χ0n) is 15.4. The number of hydrogen-bond acceptors (Lipinski definition) is 4. The second kappa shape index (κ2) is 8.78. The maximum Gasteiger partial charge on any atom is 0.251 e. The molecule has 2 rings (SSSR count). The number of piperidine rings is 1. The number of carbonyl (C=O) groups is 1. The van der Waals surface area contributed by atoms with Gasteiger partial charge in [-0.15, -0.1) is 0 Å². The van der Waals surface area contributed by atoms with E-state index in [0.29, 0.717) is 31.1 Å². The number of hydrogen-bond donors (Lipinski definition) is 1. The number of nitrogens with zero attached hydrogens (tertiary/aromatic N) is 2. The van der Waals surface area contributed by atoms with Crippen LogP contribution in [-0.2, 0) is 10.0 Å². The lowest BCUT2D eigenvalue weighted by Crippen LogP contribution is -2.39. The molecule has 1 atom stereocenters. The van der Waals surface area contributed by atoms with Crippen LogP contribution in [0.5, 0.6) is 0 Å². The van der Waals surface area contributed by atoms with Gasteiger partial charge in [-0.1, -0.05) is 13.0 Å². The van der Waals surface area contributed by atoms with Crippen molar-refractivity contribution in [3.63, 3.8) is 0 Å². The number of nitrogens with one attached hydrogen (secondary N) is 1. The lowest BCUT2D eigenvalue weighted by atomic mass is 10.0. The Morgan fingerprint density at radius 1 is 1.36 bits per heavy atom. The summed E-state index contributed by atoms with van der Waals surface area (Å²) in [6.07, 6.45) is 2.79. The van der Waals surface area contributed by atoms with E-state index < -0.39 is 10.0 Å². The van der Waals surface area contributed by atoms with Crippen molar-refractivity contribution in [3.8, 4) is 0 Å². The van der Waals surface area contributed by atoms with Gasteiger partial charge in [0.25, 0.3) is 5.91 Å². The van der Waals surface area contributed by atoms with Crippen molar-refractivity contribution in [1.82, 2.24) is 14.5 Å². The van der Waals surface area contributed by atoms with E-state index in [1.807, 2.05) is 14.1 Å². The van der Waals surface area contributed by atoms with Gasteiger partial charge in [0.1, 0.15) is 0 Å². The van der Waals surface area contributed by atoms with Crippen LogP contribution < -0.4 is 5.32 Å². The van der Waals surface area contributed by atoms with E-state index >= 15 is 0 Å². The van der Waals surface area contributed by atoms with Crippen LogP contribution in [0.3, 0.4) is 0 Å². The van der Waals surface area contributed by atoms with Crippen LogP contribution in [0.2, 0.25) is 0 Å². The third-order valence-corrected chi connectivity index (χ3v) is 6.28. The zero-order chi connectivity index (χ0) is 18.4. The summed E-state index contributed by atoms with van der Waals surface area (Å²) < 4.78 is 27.2. The maximum atomic E-state index is 12.8. The smallest absolute Gasteiger partial charge is 0.251 e. The Balaban J connectivity index is 2.05. The molecule has 0 radical (unpaired) electrons. The normalized spacial score (nSPS) is 19.1. The van der Waals surface area contributed by atoms with Gasteiger partial charge in [-0.2, -0.15) is 4.31 Å². The minimum Gasteiger partial charge on any atom is -0.352 e. The maximum absolute atomic E-state index is 12.8. The second-order valence-electron chi connectivity index (χ2n) is 7.05. The summed E-state index contributed by atoms with van der Waals surface area (Å²) >= 11 is 0. The van der Waals surface area contributed by atoms with Crippen molar-refractivity contribution >= 4 is 15.9 Å². The van der Waals surface area contributed by atoms with Crippen molar-refractivity contribution in [3.05, 3.63) is 29.8 Å². The Morgan fingerprint density at radius 3 is 2.80 bits per heavy atom. The number of amides is 1. The van der Waals surface area contributed by atoms with Crippen LogP contribution in [0.4, 0.5) is 0 Å². The topological polar surface area (TPSA) is 69.7 Å². The van der Waals surface area contributed by atoms with E-state index in [-0.39, 0.29) is 10.8 Å². The van der Waals surface area contributed by atoms with Gasteiger partial charge >= 0.3 is 0 Å². The van der Waals surface area contributed by atoms with E-state index in [1.54, 1.807) is 18.2 Å².